The maximum Gasteiger partial charge on any atom is 0.253 e. The van der Waals surface area contributed by atoms with Gasteiger partial charge in [0.15, 0.2) is 0 Å². The number of piperazine rings is 1. The third-order valence-electron chi connectivity index (χ3n) is 5.10. The summed E-state index contributed by atoms with van der Waals surface area (Å²) in [6.45, 7) is 3.27. The summed E-state index contributed by atoms with van der Waals surface area (Å²) in [6.07, 6.45) is 1.73. The lowest BCUT2D eigenvalue weighted by molar-refractivity contribution is 0.0698. The van der Waals surface area contributed by atoms with E-state index in [2.05, 4.69) is 5.10 Å². The van der Waals surface area contributed by atoms with Gasteiger partial charge in [-0.15, -0.1) is 0 Å². The van der Waals surface area contributed by atoms with E-state index in [1.165, 1.54) is 4.31 Å². The molecule has 2 heterocycles. The SMILES string of the molecule is Cc1ccnn1-c1ccc(C(=O)N2CCN(S(=O)(=O)c3ccccc3)CC2)cc1. The van der Waals surface area contributed by atoms with Crippen molar-refractivity contribution in [2.75, 3.05) is 26.2 Å². The molecule has 1 aliphatic heterocycles. The number of amides is 1. The number of benzene rings is 2. The summed E-state index contributed by atoms with van der Waals surface area (Å²) in [4.78, 5) is 14.8. The Morgan fingerprint density at radius 1 is 0.897 bits per heavy atom. The van der Waals surface area contributed by atoms with Gasteiger partial charge in [-0.25, -0.2) is 13.1 Å². The Hall–Kier alpha value is -2.97. The van der Waals surface area contributed by atoms with Crippen LogP contribution in [0.4, 0.5) is 0 Å². The quantitative estimate of drug-likeness (QED) is 0.662. The van der Waals surface area contributed by atoms with Crippen molar-refractivity contribution in [1.82, 2.24) is 19.0 Å². The van der Waals surface area contributed by atoms with Crippen LogP contribution in [0.5, 0.6) is 0 Å². The molecular weight excluding hydrogens is 388 g/mol. The van der Waals surface area contributed by atoms with Gasteiger partial charge in [-0.2, -0.15) is 9.40 Å². The number of carbonyl (C=O) groups excluding carboxylic acids is 1. The minimum atomic E-state index is -3.52. The third kappa shape index (κ3) is 3.81. The second-order valence-electron chi connectivity index (χ2n) is 6.94. The van der Waals surface area contributed by atoms with E-state index in [0.29, 0.717) is 18.7 Å². The van der Waals surface area contributed by atoms with Crippen LogP contribution in [0.2, 0.25) is 0 Å². The van der Waals surface area contributed by atoms with Crippen LogP contribution in [0.1, 0.15) is 16.1 Å². The third-order valence-corrected chi connectivity index (χ3v) is 7.01. The zero-order chi connectivity index (χ0) is 20.4. The highest BCUT2D eigenvalue weighted by atomic mass is 32.2. The Kier molecular flexibility index (Phi) is 5.21. The van der Waals surface area contributed by atoms with Crippen LogP contribution in [0.25, 0.3) is 5.69 Å². The van der Waals surface area contributed by atoms with Crippen LogP contribution in [-0.2, 0) is 10.0 Å². The van der Waals surface area contributed by atoms with E-state index in [1.54, 1.807) is 53.6 Å². The lowest BCUT2D eigenvalue weighted by Crippen LogP contribution is -2.50. The van der Waals surface area contributed by atoms with Crippen LogP contribution >= 0.6 is 0 Å². The summed E-state index contributed by atoms with van der Waals surface area (Å²) in [5, 5.41) is 4.27. The molecule has 8 heteroatoms. The Morgan fingerprint density at radius 2 is 1.55 bits per heavy atom. The number of carbonyl (C=O) groups is 1. The molecule has 1 amide bonds. The molecule has 0 spiro atoms. The highest BCUT2D eigenvalue weighted by molar-refractivity contribution is 7.89. The summed E-state index contributed by atoms with van der Waals surface area (Å²) < 4.78 is 28.7. The second-order valence-corrected chi connectivity index (χ2v) is 8.88. The first-order valence-electron chi connectivity index (χ1n) is 9.42. The summed E-state index contributed by atoms with van der Waals surface area (Å²) in [5.74, 6) is -0.0921. The summed E-state index contributed by atoms with van der Waals surface area (Å²) in [7, 11) is -3.52. The van der Waals surface area contributed by atoms with E-state index in [1.807, 2.05) is 29.8 Å². The highest BCUT2D eigenvalue weighted by Crippen LogP contribution is 2.19. The number of rotatable bonds is 4. The molecule has 0 radical (unpaired) electrons. The van der Waals surface area contributed by atoms with Crippen LogP contribution < -0.4 is 0 Å². The molecule has 150 valence electrons. The molecule has 1 aliphatic rings. The number of nitrogens with zero attached hydrogens (tertiary/aromatic N) is 4. The topological polar surface area (TPSA) is 75.5 Å². The monoisotopic (exact) mass is 410 g/mol. The van der Waals surface area contributed by atoms with Crippen molar-refractivity contribution in [3.05, 3.63) is 78.1 Å². The fraction of sp³-hybridized carbons (Fsp3) is 0.238. The maximum atomic E-state index is 12.8. The van der Waals surface area contributed by atoms with Gasteiger partial charge in [-0.3, -0.25) is 4.79 Å². The minimum absolute atomic E-state index is 0.0921. The van der Waals surface area contributed by atoms with Crippen LogP contribution in [0.15, 0.2) is 71.8 Å². The predicted molar refractivity (Wildman–Crippen MR) is 109 cm³/mol. The number of sulfonamides is 1. The van der Waals surface area contributed by atoms with Crippen LogP contribution in [0.3, 0.4) is 0 Å². The normalized spacial score (nSPS) is 15.4. The van der Waals surface area contributed by atoms with Gasteiger partial charge in [0.05, 0.1) is 10.6 Å². The van der Waals surface area contributed by atoms with E-state index in [0.717, 1.165) is 11.4 Å². The number of aryl methyl sites for hydroxylation is 1. The molecule has 0 N–H and O–H groups in total. The average molecular weight is 410 g/mol. The first kappa shape index (κ1) is 19.4. The molecule has 1 aromatic heterocycles. The summed E-state index contributed by atoms with van der Waals surface area (Å²) in [6, 6.07) is 17.6. The Balaban J connectivity index is 1.42. The molecule has 2 aromatic carbocycles. The molecule has 29 heavy (non-hydrogen) atoms. The van der Waals surface area contributed by atoms with E-state index in [4.69, 9.17) is 0 Å². The van der Waals surface area contributed by atoms with Crippen molar-refractivity contribution in [2.45, 2.75) is 11.8 Å². The molecule has 7 nitrogen and oxygen atoms in total. The lowest BCUT2D eigenvalue weighted by Gasteiger charge is -2.34. The molecule has 0 unspecified atom stereocenters. The molecule has 3 aromatic rings. The maximum absolute atomic E-state index is 12.8. The molecular formula is C21H22N4O3S. The van der Waals surface area contributed by atoms with E-state index < -0.39 is 10.0 Å². The van der Waals surface area contributed by atoms with Crippen LogP contribution in [-0.4, -0.2) is 59.5 Å². The van der Waals surface area contributed by atoms with Gasteiger partial charge in [0.1, 0.15) is 0 Å². The molecule has 0 saturated carbocycles. The van der Waals surface area contributed by atoms with E-state index in [-0.39, 0.29) is 23.9 Å². The van der Waals surface area contributed by atoms with Gasteiger partial charge < -0.3 is 4.90 Å². The fourth-order valence-corrected chi connectivity index (χ4v) is 4.88. The number of aromatic nitrogens is 2. The Morgan fingerprint density at radius 3 is 2.14 bits per heavy atom. The molecule has 4 rings (SSSR count). The first-order valence-corrected chi connectivity index (χ1v) is 10.9. The van der Waals surface area contributed by atoms with E-state index in [9.17, 15) is 13.2 Å². The minimum Gasteiger partial charge on any atom is -0.336 e. The largest absolute Gasteiger partial charge is 0.336 e. The predicted octanol–water partition coefficient (Wildman–Crippen LogP) is 2.33. The smallest absolute Gasteiger partial charge is 0.253 e. The molecule has 1 fully saturated rings. The van der Waals surface area contributed by atoms with E-state index >= 15 is 0 Å². The molecule has 0 aliphatic carbocycles. The summed E-state index contributed by atoms with van der Waals surface area (Å²) >= 11 is 0. The molecule has 0 atom stereocenters. The Bertz CT molecular complexity index is 1100. The van der Waals surface area contributed by atoms with Gasteiger partial charge in [0, 0.05) is 43.6 Å². The zero-order valence-electron chi connectivity index (χ0n) is 16.1. The second kappa shape index (κ2) is 7.81. The average Bonchev–Trinajstić information content (AvgIpc) is 3.20. The van der Waals surface area contributed by atoms with Crippen molar-refractivity contribution < 1.29 is 13.2 Å². The van der Waals surface area contributed by atoms with Crippen molar-refractivity contribution in [3.63, 3.8) is 0 Å². The summed E-state index contributed by atoms with van der Waals surface area (Å²) in [5.41, 5.74) is 2.49. The van der Waals surface area contributed by atoms with Gasteiger partial charge in [0.2, 0.25) is 10.0 Å². The number of hydrogen-bond donors (Lipinski definition) is 0. The number of hydrogen-bond acceptors (Lipinski definition) is 4. The first-order chi connectivity index (χ1) is 14.0. The van der Waals surface area contributed by atoms with Crippen LogP contribution in [0, 0.1) is 6.92 Å². The van der Waals surface area contributed by atoms with Gasteiger partial charge in [-0.1, -0.05) is 18.2 Å². The Labute approximate surface area is 170 Å². The fourth-order valence-electron chi connectivity index (χ4n) is 3.44. The molecule has 1 saturated heterocycles. The molecule has 0 bridgehead atoms. The van der Waals surface area contributed by atoms with Crippen molar-refractivity contribution >= 4 is 15.9 Å². The highest BCUT2D eigenvalue weighted by Gasteiger charge is 2.30. The van der Waals surface area contributed by atoms with Gasteiger partial charge in [0.25, 0.3) is 5.91 Å². The standard InChI is InChI=1S/C21H22N4O3S/c1-17-11-12-22-25(17)19-9-7-18(8-10-19)21(26)23-13-15-24(16-14-23)29(27,28)20-5-3-2-4-6-20/h2-12H,13-16H2,1H3. The van der Waals surface area contributed by atoms with Gasteiger partial charge in [-0.05, 0) is 49.4 Å². The van der Waals surface area contributed by atoms with Gasteiger partial charge >= 0.3 is 0 Å². The lowest BCUT2D eigenvalue weighted by atomic mass is 10.1. The van der Waals surface area contributed by atoms with Crippen molar-refractivity contribution in [3.8, 4) is 5.69 Å². The zero-order valence-corrected chi connectivity index (χ0v) is 16.9. The van der Waals surface area contributed by atoms with Crippen molar-refractivity contribution in [2.24, 2.45) is 0 Å². The van der Waals surface area contributed by atoms with Crippen molar-refractivity contribution in [1.29, 1.82) is 0 Å².